The molecule has 0 aliphatic carbocycles. The summed E-state index contributed by atoms with van der Waals surface area (Å²) in [4.78, 5) is 16.6. The highest BCUT2D eigenvalue weighted by molar-refractivity contribution is 7.98. The molecule has 1 aromatic heterocycles. The first-order valence-corrected chi connectivity index (χ1v) is 6.52. The van der Waals surface area contributed by atoms with Crippen molar-refractivity contribution in [2.45, 2.75) is 6.04 Å². The summed E-state index contributed by atoms with van der Waals surface area (Å²) < 4.78 is 0. The maximum Gasteiger partial charge on any atom is 0.323 e. The Kier molecular flexibility index (Phi) is 3.36. The smallest absolute Gasteiger partial charge is 0.312 e. The van der Waals surface area contributed by atoms with Gasteiger partial charge in [0.15, 0.2) is 0 Å². The van der Waals surface area contributed by atoms with Crippen molar-refractivity contribution in [3.63, 3.8) is 0 Å². The van der Waals surface area contributed by atoms with Gasteiger partial charge < -0.3 is 15.3 Å². The molecule has 1 heterocycles. The molecular weight excluding hydrogens is 222 g/mol. The van der Waals surface area contributed by atoms with Gasteiger partial charge in [-0.2, -0.15) is 11.8 Å². The van der Waals surface area contributed by atoms with Crippen molar-refractivity contribution < 1.29 is 0 Å². The van der Waals surface area contributed by atoms with Crippen LogP contribution in [0.15, 0.2) is 23.0 Å². The van der Waals surface area contributed by atoms with Crippen LogP contribution in [0, 0.1) is 0 Å². The minimum absolute atomic E-state index is 0.155. The van der Waals surface area contributed by atoms with Crippen LogP contribution >= 0.6 is 11.8 Å². The number of benzene rings is 1. The van der Waals surface area contributed by atoms with Gasteiger partial charge in [0.25, 0.3) is 0 Å². The number of nitrogens with one attached hydrogen (secondary N) is 3. The molecule has 3 N–H and O–H groups in total. The molecule has 1 unspecified atom stereocenters. The minimum atomic E-state index is -0.155. The zero-order chi connectivity index (χ0) is 11.5. The van der Waals surface area contributed by atoms with Crippen LogP contribution in [-0.4, -0.2) is 29.0 Å². The van der Waals surface area contributed by atoms with Gasteiger partial charge in [-0.15, -0.1) is 0 Å². The van der Waals surface area contributed by atoms with Gasteiger partial charge in [0.2, 0.25) is 0 Å². The lowest BCUT2D eigenvalue weighted by atomic mass is 10.1. The Balaban J connectivity index is 2.40. The number of hydrogen-bond donors (Lipinski definition) is 3. The molecule has 0 fully saturated rings. The number of fused-ring (bicyclic) bond motifs is 1. The van der Waals surface area contributed by atoms with Crippen molar-refractivity contribution in [3.8, 4) is 0 Å². The Morgan fingerprint density at radius 3 is 2.81 bits per heavy atom. The van der Waals surface area contributed by atoms with Crippen LogP contribution in [0.4, 0.5) is 0 Å². The second-order valence-corrected chi connectivity index (χ2v) is 4.59. The van der Waals surface area contributed by atoms with E-state index in [2.05, 4.69) is 21.5 Å². The molecule has 0 aliphatic heterocycles. The molecule has 0 aliphatic rings. The second kappa shape index (κ2) is 4.76. The van der Waals surface area contributed by atoms with Gasteiger partial charge in [-0.3, -0.25) is 0 Å². The molecule has 0 saturated heterocycles. The number of thioether (sulfide) groups is 1. The summed E-state index contributed by atoms with van der Waals surface area (Å²) in [7, 11) is 1.95. The topological polar surface area (TPSA) is 60.7 Å². The van der Waals surface area contributed by atoms with Crippen LogP contribution in [0.25, 0.3) is 11.0 Å². The molecule has 0 saturated carbocycles. The third-order valence-corrected chi connectivity index (χ3v) is 3.29. The van der Waals surface area contributed by atoms with E-state index in [9.17, 15) is 4.79 Å². The van der Waals surface area contributed by atoms with Gasteiger partial charge in [-0.05, 0) is 31.0 Å². The highest BCUT2D eigenvalue weighted by Gasteiger charge is 2.09. The molecule has 0 bridgehead atoms. The third-order valence-electron chi connectivity index (χ3n) is 2.62. The summed E-state index contributed by atoms with van der Waals surface area (Å²) in [6.07, 6.45) is 2.08. The molecular formula is C11H15N3OS. The van der Waals surface area contributed by atoms with Gasteiger partial charge in [0.1, 0.15) is 0 Å². The van der Waals surface area contributed by atoms with Crippen molar-refractivity contribution in [3.05, 3.63) is 34.2 Å². The number of hydrogen-bond acceptors (Lipinski definition) is 3. The zero-order valence-corrected chi connectivity index (χ0v) is 10.1. The summed E-state index contributed by atoms with van der Waals surface area (Å²) in [5.74, 6) is 1.01. The van der Waals surface area contributed by atoms with Crippen LogP contribution in [0.5, 0.6) is 0 Å². The summed E-state index contributed by atoms with van der Waals surface area (Å²) in [6, 6.07) is 6.32. The van der Waals surface area contributed by atoms with Crippen molar-refractivity contribution in [2.75, 3.05) is 19.1 Å². The number of aromatic amines is 2. The summed E-state index contributed by atoms with van der Waals surface area (Å²) >= 11 is 1.80. The average molecular weight is 237 g/mol. The molecule has 2 aromatic rings. The molecule has 0 amide bonds. The first kappa shape index (κ1) is 11.3. The van der Waals surface area contributed by atoms with Crippen LogP contribution in [-0.2, 0) is 0 Å². The monoisotopic (exact) mass is 237 g/mol. The SMILES string of the molecule is CNC(CSC)c1ccc2[nH]c(=O)[nH]c2c1. The highest BCUT2D eigenvalue weighted by atomic mass is 32.2. The number of H-pyrrole nitrogens is 2. The maximum absolute atomic E-state index is 11.1. The van der Waals surface area contributed by atoms with E-state index in [1.165, 1.54) is 5.56 Å². The van der Waals surface area contributed by atoms with E-state index in [1.807, 2.05) is 25.2 Å². The molecule has 5 heteroatoms. The summed E-state index contributed by atoms with van der Waals surface area (Å²) in [5, 5.41) is 3.27. The average Bonchev–Trinajstić information content (AvgIpc) is 2.64. The standard InChI is InChI=1S/C11H15N3OS/c1-12-10(6-16-2)7-3-4-8-9(5-7)14-11(15)13-8/h3-5,10,12H,6H2,1-2H3,(H2,13,14,15). The predicted molar refractivity (Wildman–Crippen MR) is 69.1 cm³/mol. The van der Waals surface area contributed by atoms with Crippen LogP contribution in [0.1, 0.15) is 11.6 Å². The Hall–Kier alpha value is -1.20. The lowest BCUT2D eigenvalue weighted by Crippen LogP contribution is -2.18. The number of rotatable bonds is 4. The van der Waals surface area contributed by atoms with Crippen LogP contribution < -0.4 is 11.0 Å². The van der Waals surface area contributed by atoms with E-state index in [4.69, 9.17) is 0 Å². The fraction of sp³-hybridized carbons (Fsp3) is 0.364. The summed E-state index contributed by atoms with van der Waals surface area (Å²) in [6.45, 7) is 0. The lowest BCUT2D eigenvalue weighted by Gasteiger charge is -2.15. The van der Waals surface area contributed by atoms with E-state index in [1.54, 1.807) is 11.8 Å². The molecule has 1 atom stereocenters. The van der Waals surface area contributed by atoms with E-state index in [0.717, 1.165) is 16.8 Å². The van der Waals surface area contributed by atoms with Crippen molar-refractivity contribution >= 4 is 22.8 Å². The van der Waals surface area contributed by atoms with E-state index in [0.29, 0.717) is 6.04 Å². The van der Waals surface area contributed by atoms with Gasteiger partial charge in [0, 0.05) is 11.8 Å². The van der Waals surface area contributed by atoms with Crippen molar-refractivity contribution in [1.29, 1.82) is 0 Å². The molecule has 2 rings (SSSR count). The predicted octanol–water partition coefficient (Wildman–Crippen LogP) is 1.48. The first-order chi connectivity index (χ1) is 7.74. The Labute approximate surface area is 97.8 Å². The van der Waals surface area contributed by atoms with Gasteiger partial charge >= 0.3 is 5.69 Å². The Bertz CT molecular complexity index is 531. The Morgan fingerprint density at radius 2 is 2.12 bits per heavy atom. The van der Waals surface area contributed by atoms with E-state index >= 15 is 0 Å². The maximum atomic E-state index is 11.1. The van der Waals surface area contributed by atoms with E-state index in [-0.39, 0.29) is 5.69 Å². The fourth-order valence-corrected chi connectivity index (χ4v) is 2.47. The number of imidazole rings is 1. The molecule has 16 heavy (non-hydrogen) atoms. The van der Waals surface area contributed by atoms with Gasteiger partial charge in [-0.1, -0.05) is 6.07 Å². The van der Waals surface area contributed by atoms with Crippen LogP contribution in [0.3, 0.4) is 0 Å². The quantitative estimate of drug-likeness (QED) is 0.755. The molecule has 4 nitrogen and oxygen atoms in total. The zero-order valence-electron chi connectivity index (χ0n) is 9.33. The molecule has 86 valence electrons. The lowest BCUT2D eigenvalue weighted by molar-refractivity contribution is 0.663. The molecule has 0 radical (unpaired) electrons. The Morgan fingerprint density at radius 1 is 1.38 bits per heavy atom. The largest absolute Gasteiger partial charge is 0.323 e. The van der Waals surface area contributed by atoms with E-state index < -0.39 is 0 Å². The third kappa shape index (κ3) is 2.15. The second-order valence-electron chi connectivity index (χ2n) is 3.68. The molecule has 1 aromatic carbocycles. The minimum Gasteiger partial charge on any atom is -0.312 e. The van der Waals surface area contributed by atoms with Gasteiger partial charge in [0.05, 0.1) is 11.0 Å². The molecule has 0 spiro atoms. The highest BCUT2D eigenvalue weighted by Crippen LogP contribution is 2.19. The van der Waals surface area contributed by atoms with Crippen LogP contribution in [0.2, 0.25) is 0 Å². The van der Waals surface area contributed by atoms with Gasteiger partial charge in [-0.25, -0.2) is 4.79 Å². The summed E-state index contributed by atoms with van der Waals surface area (Å²) in [5.41, 5.74) is 2.76. The first-order valence-electron chi connectivity index (χ1n) is 5.12. The fourth-order valence-electron chi connectivity index (χ4n) is 1.78. The van der Waals surface area contributed by atoms with Crippen molar-refractivity contribution in [1.82, 2.24) is 15.3 Å². The normalized spacial score (nSPS) is 13.1. The number of aromatic nitrogens is 2. The van der Waals surface area contributed by atoms with Crippen molar-refractivity contribution in [2.24, 2.45) is 0 Å².